The van der Waals surface area contributed by atoms with Crippen molar-refractivity contribution in [3.63, 3.8) is 0 Å². The molecule has 0 saturated carbocycles. The summed E-state index contributed by atoms with van der Waals surface area (Å²) in [5.74, 6) is 0.207. The van der Waals surface area contributed by atoms with Gasteiger partial charge in [0.05, 0.1) is 0 Å². The van der Waals surface area contributed by atoms with Crippen LogP contribution in [0, 0.1) is 0 Å². The van der Waals surface area contributed by atoms with Crippen molar-refractivity contribution in [1.29, 1.82) is 0 Å². The minimum absolute atomic E-state index is 0. The minimum atomic E-state index is -1.89. The molecule has 0 saturated heterocycles. The Morgan fingerprint density at radius 2 is 2.00 bits per heavy atom. The molecule has 0 amide bonds. The maximum atomic E-state index is 9.94. The first-order chi connectivity index (χ1) is 5.13. The van der Waals surface area contributed by atoms with E-state index in [4.69, 9.17) is 0 Å². The first-order valence-corrected chi connectivity index (χ1v) is 5.16. The van der Waals surface area contributed by atoms with Gasteiger partial charge in [-0.05, 0) is 0 Å². The number of nitrogens with one attached hydrogen (secondary N) is 1. The second-order valence-electron chi connectivity index (χ2n) is 2.12. The van der Waals surface area contributed by atoms with Gasteiger partial charge in [-0.2, -0.15) is 0 Å². The molecule has 0 bridgehead atoms. The van der Waals surface area contributed by atoms with Crippen LogP contribution >= 0.6 is 0 Å². The molecule has 1 atom stereocenters. The highest BCUT2D eigenvalue weighted by Gasteiger charge is 1.89. The normalized spacial score (nSPS) is 12.2. The van der Waals surface area contributed by atoms with Crippen molar-refractivity contribution in [1.82, 2.24) is 5.32 Å². The van der Waals surface area contributed by atoms with Gasteiger partial charge in [0.15, 0.2) is 0 Å². The Kier molecular flexibility index (Phi) is 12.5. The fraction of sp³-hybridized carbons (Fsp3) is 1.00. The molecule has 1 N–H and O–H groups in total. The molecule has 0 aromatic rings. The van der Waals surface area contributed by atoms with E-state index in [9.17, 15) is 8.76 Å². The molecule has 0 spiro atoms. The van der Waals surface area contributed by atoms with E-state index in [0.717, 1.165) is 0 Å². The summed E-state index contributed by atoms with van der Waals surface area (Å²) < 4.78 is 19.9. The van der Waals surface area contributed by atoms with Crippen molar-refractivity contribution < 1.29 is 10.2 Å². The Labute approximate surface area is 73.3 Å². The Morgan fingerprint density at radius 3 is 2.27 bits per heavy atom. The Hall–Kier alpha value is 0.0700. The molecule has 0 rings (SSSR count). The average molecular weight is 182 g/mol. The van der Waals surface area contributed by atoms with E-state index in [1.807, 2.05) is 27.7 Å². The van der Waals surface area contributed by atoms with Crippen LogP contribution in [0.1, 0.15) is 29.1 Å². The second-order valence-corrected chi connectivity index (χ2v) is 3.13. The molecule has 0 aliphatic heterocycles. The zero-order valence-corrected chi connectivity index (χ0v) is 8.53. The van der Waals surface area contributed by atoms with Crippen LogP contribution in [0.4, 0.5) is 0 Å². The van der Waals surface area contributed by atoms with Crippen LogP contribution < -0.4 is 5.32 Å². The van der Waals surface area contributed by atoms with Crippen molar-refractivity contribution in [2.45, 2.75) is 33.7 Å². The van der Waals surface area contributed by atoms with Crippen LogP contribution in [0.5, 0.6) is 0 Å². The molecule has 0 aliphatic carbocycles. The van der Waals surface area contributed by atoms with Gasteiger partial charge in [0.2, 0.25) is 0 Å². The van der Waals surface area contributed by atoms with Crippen molar-refractivity contribution in [3.05, 3.63) is 0 Å². The molecule has 0 aromatic heterocycles. The van der Waals surface area contributed by atoms with E-state index in [1.54, 1.807) is 0 Å². The maximum Gasteiger partial charge on any atom is 0.0227 e. The van der Waals surface area contributed by atoms with Gasteiger partial charge >= 0.3 is 0 Å². The van der Waals surface area contributed by atoms with Crippen LogP contribution in [0.2, 0.25) is 0 Å². The van der Waals surface area contributed by atoms with Crippen LogP contribution in [0.15, 0.2) is 0 Å². The summed E-state index contributed by atoms with van der Waals surface area (Å²) in [4.78, 5) is 0. The van der Waals surface area contributed by atoms with Gasteiger partial charge in [-0.25, -0.2) is 0 Å². The largest absolute Gasteiger partial charge is 0.772 e. The monoisotopic (exact) mass is 182 g/mol. The average Bonchev–Trinajstić information content (AvgIpc) is 1.90. The predicted molar refractivity (Wildman–Crippen MR) is 50.4 cm³/mol. The zero-order chi connectivity index (χ0) is 9.28. The highest BCUT2D eigenvalue weighted by molar-refractivity contribution is 7.79. The van der Waals surface area contributed by atoms with Crippen molar-refractivity contribution in [2.75, 3.05) is 12.3 Å². The summed E-state index contributed by atoms with van der Waals surface area (Å²) >= 11 is -1.89. The van der Waals surface area contributed by atoms with Gasteiger partial charge < -0.3 is 9.87 Å². The van der Waals surface area contributed by atoms with Crippen LogP contribution in [-0.4, -0.2) is 27.1 Å². The first-order valence-electron chi connectivity index (χ1n) is 3.92. The van der Waals surface area contributed by atoms with E-state index in [-0.39, 0.29) is 7.18 Å². The van der Waals surface area contributed by atoms with Crippen molar-refractivity contribution >= 4 is 11.1 Å². The summed E-state index contributed by atoms with van der Waals surface area (Å²) in [7, 11) is 0. The summed E-state index contributed by atoms with van der Waals surface area (Å²) in [6, 6.07) is 0.369. The molecule has 0 heterocycles. The summed E-state index contributed by atoms with van der Waals surface area (Å²) in [6.07, 6.45) is 0. The van der Waals surface area contributed by atoms with Gasteiger partial charge in [-0.15, -0.1) is 0 Å². The molecule has 1 unspecified atom stereocenters. The van der Waals surface area contributed by atoms with Gasteiger partial charge in [0, 0.05) is 19.8 Å². The maximum absolute atomic E-state index is 9.94. The molecule has 0 aromatic carbocycles. The highest BCUT2D eigenvalue weighted by Crippen LogP contribution is 1.76. The van der Waals surface area contributed by atoms with Crippen LogP contribution in [-0.2, 0) is 11.1 Å². The molecular formula is C7H20NO2S-. The highest BCUT2D eigenvalue weighted by atomic mass is 32.2. The molecular weight excluding hydrogens is 162 g/mol. The SMILES string of the molecule is CC.CC(C)NCCS(=O)[O-].[HH]. The fourth-order valence-corrected chi connectivity index (χ4v) is 0.715. The first kappa shape index (κ1) is 13.6. The van der Waals surface area contributed by atoms with E-state index < -0.39 is 11.1 Å². The van der Waals surface area contributed by atoms with Crippen LogP contribution in [0.3, 0.4) is 0 Å². The van der Waals surface area contributed by atoms with Crippen LogP contribution in [0.25, 0.3) is 0 Å². The number of rotatable bonds is 4. The lowest BCUT2D eigenvalue weighted by Gasteiger charge is -2.08. The summed E-state index contributed by atoms with van der Waals surface area (Å²) in [5.41, 5.74) is 0. The summed E-state index contributed by atoms with van der Waals surface area (Å²) in [5, 5.41) is 2.98. The third-order valence-electron chi connectivity index (χ3n) is 0.821. The van der Waals surface area contributed by atoms with E-state index >= 15 is 0 Å². The van der Waals surface area contributed by atoms with Crippen molar-refractivity contribution in [2.24, 2.45) is 0 Å². The predicted octanol–water partition coefficient (Wildman–Crippen LogP) is 1.14. The second kappa shape index (κ2) is 10.1. The van der Waals surface area contributed by atoms with Gasteiger partial charge in [-0.1, -0.05) is 38.8 Å². The molecule has 3 nitrogen and oxygen atoms in total. The Balaban J connectivity index is -0.000000249. The third-order valence-corrected chi connectivity index (χ3v) is 1.36. The number of hydrogen-bond donors (Lipinski definition) is 1. The molecule has 0 aliphatic rings. The Bertz CT molecular complexity index is 101. The molecule has 11 heavy (non-hydrogen) atoms. The van der Waals surface area contributed by atoms with Gasteiger partial charge in [-0.3, -0.25) is 4.21 Å². The summed E-state index contributed by atoms with van der Waals surface area (Å²) in [6.45, 7) is 8.51. The van der Waals surface area contributed by atoms with Gasteiger partial charge in [0.25, 0.3) is 0 Å². The lowest BCUT2D eigenvalue weighted by atomic mass is 10.4. The number of hydrogen-bond acceptors (Lipinski definition) is 3. The molecule has 72 valence electrons. The smallest absolute Gasteiger partial charge is 0.0227 e. The third kappa shape index (κ3) is 17.8. The minimum Gasteiger partial charge on any atom is -0.772 e. The Morgan fingerprint density at radius 1 is 1.55 bits per heavy atom. The van der Waals surface area contributed by atoms with Gasteiger partial charge in [0.1, 0.15) is 0 Å². The molecule has 4 heteroatoms. The molecule has 0 radical (unpaired) electrons. The zero-order valence-electron chi connectivity index (χ0n) is 7.72. The fourth-order valence-electron chi connectivity index (χ4n) is 0.431. The quantitative estimate of drug-likeness (QED) is 0.663. The van der Waals surface area contributed by atoms with E-state index in [1.165, 1.54) is 0 Å². The lowest BCUT2D eigenvalue weighted by molar-refractivity contribution is 0.529. The van der Waals surface area contributed by atoms with Crippen molar-refractivity contribution in [3.8, 4) is 0 Å². The van der Waals surface area contributed by atoms with E-state index in [2.05, 4.69) is 5.32 Å². The lowest BCUT2D eigenvalue weighted by Crippen LogP contribution is -2.27. The topological polar surface area (TPSA) is 52.2 Å². The van der Waals surface area contributed by atoms with E-state index in [0.29, 0.717) is 12.6 Å². The standard InChI is InChI=1S/C5H13NO2S.C2H6.H2/c1-5(2)6-3-4-9(7)8;1-2;/h5-6H,3-4H2,1-2H3,(H,7,8);1-2H3;1H/p-1. The molecule has 0 fully saturated rings.